The topological polar surface area (TPSA) is 89.1 Å². The number of nitrogens with zero attached hydrogens (tertiary/aromatic N) is 2. The van der Waals surface area contributed by atoms with Gasteiger partial charge in [0.25, 0.3) is 0 Å². The van der Waals surface area contributed by atoms with Crippen LogP contribution in [0.25, 0.3) is 11.0 Å². The summed E-state index contributed by atoms with van der Waals surface area (Å²) in [6.07, 6.45) is 1.54. The van der Waals surface area contributed by atoms with Crippen LogP contribution in [0.2, 0.25) is 0 Å². The molecule has 3 rings (SSSR count). The summed E-state index contributed by atoms with van der Waals surface area (Å²) in [5.74, 6) is 0.894. The van der Waals surface area contributed by atoms with Crippen LogP contribution in [0.15, 0.2) is 36.5 Å². The van der Waals surface area contributed by atoms with Crippen LogP contribution >= 0.6 is 0 Å². The summed E-state index contributed by atoms with van der Waals surface area (Å²) in [6.45, 7) is 2.06. The molecule has 0 spiro atoms. The maximum atomic E-state index is 11.7. The first-order valence-electron chi connectivity index (χ1n) is 7.13. The minimum atomic E-state index is -0.450. The standard InChI is InChI=1S/C16H16N4O3/c1-3-23-15(21)13-8-12-14(9-17-13)20-16(19-12)18-10-4-6-11(22-2)7-5-10/h4-9H,3H2,1-2H3,(H2,18,19,20). The Labute approximate surface area is 132 Å². The van der Waals surface area contributed by atoms with Crippen molar-refractivity contribution in [3.05, 3.63) is 42.2 Å². The van der Waals surface area contributed by atoms with Crippen LogP contribution in [-0.2, 0) is 4.74 Å². The lowest BCUT2D eigenvalue weighted by Crippen LogP contribution is -2.06. The van der Waals surface area contributed by atoms with Gasteiger partial charge in [0.15, 0.2) is 5.69 Å². The van der Waals surface area contributed by atoms with E-state index in [0.29, 0.717) is 23.6 Å². The molecule has 118 valence electrons. The molecule has 0 aliphatic heterocycles. The van der Waals surface area contributed by atoms with E-state index < -0.39 is 5.97 Å². The first-order chi connectivity index (χ1) is 11.2. The smallest absolute Gasteiger partial charge is 0.356 e. The molecule has 0 radical (unpaired) electrons. The van der Waals surface area contributed by atoms with Gasteiger partial charge in [0.1, 0.15) is 11.3 Å². The van der Waals surface area contributed by atoms with E-state index in [4.69, 9.17) is 9.47 Å². The summed E-state index contributed by atoms with van der Waals surface area (Å²) in [4.78, 5) is 23.3. The SMILES string of the molecule is CCOC(=O)c1cc2[nH]c(Nc3ccc(OC)cc3)nc2cn1. The fourth-order valence-electron chi connectivity index (χ4n) is 2.10. The van der Waals surface area contributed by atoms with Gasteiger partial charge in [0.05, 0.1) is 25.4 Å². The Morgan fingerprint density at radius 3 is 2.78 bits per heavy atom. The highest BCUT2D eigenvalue weighted by Crippen LogP contribution is 2.20. The minimum Gasteiger partial charge on any atom is -0.497 e. The third-order valence-electron chi connectivity index (χ3n) is 3.21. The van der Waals surface area contributed by atoms with E-state index in [1.165, 1.54) is 6.20 Å². The number of nitrogens with one attached hydrogen (secondary N) is 2. The second-order valence-corrected chi connectivity index (χ2v) is 4.75. The molecule has 0 fully saturated rings. The molecule has 2 N–H and O–H groups in total. The van der Waals surface area contributed by atoms with E-state index in [2.05, 4.69) is 20.3 Å². The van der Waals surface area contributed by atoms with Crippen molar-refractivity contribution in [3.8, 4) is 5.75 Å². The van der Waals surface area contributed by atoms with Crippen molar-refractivity contribution in [3.63, 3.8) is 0 Å². The van der Waals surface area contributed by atoms with Gasteiger partial charge in [0.2, 0.25) is 5.95 Å². The number of ether oxygens (including phenoxy) is 2. The number of aromatic amines is 1. The molecule has 7 heteroatoms. The Bertz CT molecular complexity index is 827. The molecule has 0 saturated heterocycles. The van der Waals surface area contributed by atoms with Crippen LogP contribution < -0.4 is 10.1 Å². The highest BCUT2D eigenvalue weighted by Gasteiger charge is 2.11. The number of carbonyl (C=O) groups excluding carboxylic acids is 1. The number of hydrogen-bond donors (Lipinski definition) is 2. The Morgan fingerprint density at radius 1 is 1.30 bits per heavy atom. The summed E-state index contributed by atoms with van der Waals surface area (Å²) < 4.78 is 10.1. The van der Waals surface area contributed by atoms with Crippen molar-refractivity contribution >= 4 is 28.6 Å². The largest absolute Gasteiger partial charge is 0.497 e. The van der Waals surface area contributed by atoms with Gasteiger partial charge in [-0.2, -0.15) is 0 Å². The molecular formula is C16H16N4O3. The molecule has 0 bridgehead atoms. The van der Waals surface area contributed by atoms with Crippen molar-refractivity contribution < 1.29 is 14.3 Å². The first-order valence-corrected chi connectivity index (χ1v) is 7.13. The molecule has 0 amide bonds. The zero-order valence-corrected chi connectivity index (χ0v) is 12.8. The van der Waals surface area contributed by atoms with Gasteiger partial charge in [-0.05, 0) is 37.3 Å². The molecule has 7 nitrogen and oxygen atoms in total. The molecule has 0 saturated carbocycles. The third kappa shape index (κ3) is 3.23. The van der Waals surface area contributed by atoms with E-state index in [1.807, 2.05) is 24.3 Å². The highest BCUT2D eigenvalue weighted by atomic mass is 16.5. The van der Waals surface area contributed by atoms with Crippen LogP contribution in [0.5, 0.6) is 5.75 Å². The van der Waals surface area contributed by atoms with Gasteiger partial charge in [-0.1, -0.05) is 0 Å². The molecule has 3 aromatic rings. The molecule has 0 unspecified atom stereocenters. The minimum absolute atomic E-state index is 0.249. The lowest BCUT2D eigenvalue weighted by Gasteiger charge is -2.03. The average Bonchev–Trinajstić information content (AvgIpc) is 2.97. The normalized spacial score (nSPS) is 10.5. The maximum absolute atomic E-state index is 11.7. The zero-order chi connectivity index (χ0) is 16.2. The van der Waals surface area contributed by atoms with Crippen LogP contribution in [0.1, 0.15) is 17.4 Å². The zero-order valence-electron chi connectivity index (χ0n) is 12.8. The van der Waals surface area contributed by atoms with Crippen molar-refractivity contribution in [1.29, 1.82) is 0 Å². The number of hydrogen-bond acceptors (Lipinski definition) is 6. The average molecular weight is 312 g/mol. The molecule has 0 aliphatic carbocycles. The number of rotatable bonds is 5. The molecule has 2 aromatic heterocycles. The Kier molecular flexibility index (Phi) is 4.09. The summed E-state index contributed by atoms with van der Waals surface area (Å²) in [6, 6.07) is 9.10. The van der Waals surface area contributed by atoms with Crippen molar-refractivity contribution in [2.75, 3.05) is 19.0 Å². The van der Waals surface area contributed by atoms with E-state index in [-0.39, 0.29) is 5.69 Å². The van der Waals surface area contributed by atoms with Crippen molar-refractivity contribution in [2.45, 2.75) is 6.92 Å². The van der Waals surface area contributed by atoms with Gasteiger partial charge >= 0.3 is 5.97 Å². The van der Waals surface area contributed by atoms with E-state index in [9.17, 15) is 4.79 Å². The predicted molar refractivity (Wildman–Crippen MR) is 86.1 cm³/mol. The molecular weight excluding hydrogens is 296 g/mol. The van der Waals surface area contributed by atoms with Gasteiger partial charge in [-0.15, -0.1) is 0 Å². The van der Waals surface area contributed by atoms with Crippen LogP contribution in [0, 0.1) is 0 Å². The van der Waals surface area contributed by atoms with Crippen molar-refractivity contribution in [1.82, 2.24) is 15.0 Å². The van der Waals surface area contributed by atoms with E-state index in [0.717, 1.165) is 11.4 Å². The number of imidazole rings is 1. The summed E-state index contributed by atoms with van der Waals surface area (Å²) in [7, 11) is 1.62. The number of aromatic nitrogens is 3. The predicted octanol–water partition coefficient (Wildman–Crippen LogP) is 2.89. The second-order valence-electron chi connectivity index (χ2n) is 4.75. The van der Waals surface area contributed by atoms with E-state index in [1.54, 1.807) is 20.1 Å². The third-order valence-corrected chi connectivity index (χ3v) is 3.21. The second kappa shape index (κ2) is 6.35. The fourth-order valence-corrected chi connectivity index (χ4v) is 2.10. The quantitative estimate of drug-likeness (QED) is 0.704. The highest BCUT2D eigenvalue weighted by molar-refractivity contribution is 5.91. The Morgan fingerprint density at radius 2 is 2.09 bits per heavy atom. The Balaban J connectivity index is 1.83. The maximum Gasteiger partial charge on any atom is 0.356 e. The first kappa shape index (κ1) is 14.8. The fraction of sp³-hybridized carbons (Fsp3) is 0.188. The number of benzene rings is 1. The molecule has 0 atom stereocenters. The van der Waals surface area contributed by atoms with Crippen LogP contribution in [0.3, 0.4) is 0 Å². The molecule has 1 aromatic carbocycles. The summed E-state index contributed by atoms with van der Waals surface area (Å²) in [5, 5.41) is 3.15. The molecule has 2 heterocycles. The van der Waals surface area contributed by atoms with Gasteiger partial charge < -0.3 is 19.8 Å². The Hall–Kier alpha value is -3.09. The number of anilines is 2. The number of carbonyl (C=O) groups is 1. The van der Waals surface area contributed by atoms with Crippen molar-refractivity contribution in [2.24, 2.45) is 0 Å². The summed E-state index contributed by atoms with van der Waals surface area (Å²) >= 11 is 0. The molecule has 23 heavy (non-hydrogen) atoms. The number of fused-ring (bicyclic) bond motifs is 1. The van der Waals surface area contributed by atoms with Gasteiger partial charge in [-0.3, -0.25) is 0 Å². The lowest BCUT2D eigenvalue weighted by molar-refractivity contribution is 0.0519. The van der Waals surface area contributed by atoms with Crippen LogP contribution in [0.4, 0.5) is 11.6 Å². The lowest BCUT2D eigenvalue weighted by atomic mass is 10.3. The number of esters is 1. The van der Waals surface area contributed by atoms with Gasteiger partial charge in [0, 0.05) is 5.69 Å². The van der Waals surface area contributed by atoms with E-state index >= 15 is 0 Å². The number of H-pyrrole nitrogens is 1. The summed E-state index contributed by atoms with van der Waals surface area (Å²) in [5.41, 5.74) is 2.48. The number of methoxy groups -OCH3 is 1. The number of pyridine rings is 1. The van der Waals surface area contributed by atoms with Crippen LogP contribution in [-0.4, -0.2) is 34.6 Å². The monoisotopic (exact) mass is 312 g/mol. The van der Waals surface area contributed by atoms with Gasteiger partial charge in [-0.25, -0.2) is 14.8 Å². The molecule has 0 aliphatic rings.